The molecule has 4 aliphatic carbocycles. The Kier molecular flexibility index (Phi) is 8.93. The summed E-state index contributed by atoms with van der Waals surface area (Å²) in [5.74, 6) is -5.74. The third-order valence-corrected chi connectivity index (χ3v) is 15.4. The molecular formula is C43H56O13. The summed E-state index contributed by atoms with van der Waals surface area (Å²) in [6.07, 6.45) is 1.39. The number of hydrogen-bond acceptors (Lipinski definition) is 13. The number of aliphatic hydroxyl groups excluding tert-OH is 2. The zero-order valence-corrected chi connectivity index (χ0v) is 32.7. The standard InChI is InChI=1S/C43H56O13/c1-22(2)19-32(46)51-28-13-9-10-14-31(45)52-30-18-17-29-40(30,49)37(47)39(21-44)35(53-39)33-36-42(50,38(5,48)20-25-15-16-27(28)23(25)3)34-24(4)41(29,33)56-43(54-34,55-36)26-11-7-6-8-12-26/h6-14,22-25,27-30,33-37,44,47-50H,15-21H2,1-5H3/b13-9-,14-10-/t23-,24+,25+,27-,28-,29+,30-,33-,34-,35-,36+,37+,38+,39-,40+,41-,42-,43?/m0/s1. The molecule has 5 aliphatic heterocycles. The van der Waals surface area contributed by atoms with E-state index in [1.807, 2.05) is 39.0 Å². The lowest BCUT2D eigenvalue weighted by Crippen LogP contribution is -2.89. The van der Waals surface area contributed by atoms with Crippen LogP contribution in [0.15, 0.2) is 54.6 Å². The molecule has 9 aliphatic rings. The lowest BCUT2D eigenvalue weighted by molar-refractivity contribution is -0.595. The van der Waals surface area contributed by atoms with Crippen molar-refractivity contribution in [2.24, 2.45) is 41.4 Å². The maximum Gasteiger partial charge on any atom is 0.331 e. The topological polar surface area (TPSA) is 194 Å². The lowest BCUT2D eigenvalue weighted by Gasteiger charge is -2.74. The van der Waals surface area contributed by atoms with E-state index in [2.05, 4.69) is 6.92 Å². The average molecular weight is 781 g/mol. The number of ether oxygens (including phenoxy) is 6. The minimum atomic E-state index is -2.18. The molecule has 18 atom stereocenters. The molecule has 8 fully saturated rings. The fourth-order valence-corrected chi connectivity index (χ4v) is 12.7. The average Bonchev–Trinajstić information content (AvgIpc) is 3.66. The van der Waals surface area contributed by atoms with Crippen molar-refractivity contribution in [2.75, 3.05) is 6.61 Å². The highest BCUT2D eigenvalue weighted by Crippen LogP contribution is 2.74. The largest absolute Gasteiger partial charge is 0.458 e. The van der Waals surface area contributed by atoms with E-state index in [1.54, 1.807) is 31.2 Å². The van der Waals surface area contributed by atoms with Crippen LogP contribution in [-0.2, 0) is 44.0 Å². The molecule has 10 rings (SSSR count). The van der Waals surface area contributed by atoms with E-state index in [4.69, 9.17) is 28.4 Å². The molecule has 4 saturated carbocycles. The summed E-state index contributed by atoms with van der Waals surface area (Å²) in [6.45, 7) is 8.76. The van der Waals surface area contributed by atoms with Crippen LogP contribution in [0.4, 0.5) is 0 Å². The van der Waals surface area contributed by atoms with Crippen molar-refractivity contribution in [3.8, 4) is 0 Å². The van der Waals surface area contributed by atoms with E-state index in [0.717, 1.165) is 0 Å². The zero-order chi connectivity index (χ0) is 39.8. The lowest BCUT2D eigenvalue weighted by atomic mass is 9.49. The molecule has 13 nitrogen and oxygen atoms in total. The molecule has 10 bridgehead atoms. The van der Waals surface area contributed by atoms with Gasteiger partial charge in [-0.1, -0.05) is 70.2 Å². The molecule has 4 saturated heterocycles. The number of fused-ring (bicyclic) bond motifs is 3. The summed E-state index contributed by atoms with van der Waals surface area (Å²) in [5, 5.41) is 62.8. The molecule has 306 valence electrons. The fraction of sp³-hybridized carbons (Fsp3) is 0.721. The molecule has 1 unspecified atom stereocenters. The van der Waals surface area contributed by atoms with Crippen LogP contribution >= 0.6 is 0 Å². The van der Waals surface area contributed by atoms with E-state index >= 15 is 0 Å². The van der Waals surface area contributed by atoms with Crippen LogP contribution < -0.4 is 0 Å². The summed E-state index contributed by atoms with van der Waals surface area (Å²) in [7, 11) is 0. The minimum Gasteiger partial charge on any atom is -0.458 e. The Morgan fingerprint density at radius 2 is 1.70 bits per heavy atom. The van der Waals surface area contributed by atoms with Gasteiger partial charge in [0.15, 0.2) is 0 Å². The van der Waals surface area contributed by atoms with Crippen molar-refractivity contribution < 1.29 is 63.5 Å². The maximum atomic E-state index is 13.5. The van der Waals surface area contributed by atoms with Crippen molar-refractivity contribution in [3.05, 3.63) is 60.2 Å². The van der Waals surface area contributed by atoms with E-state index in [1.165, 1.54) is 12.2 Å². The van der Waals surface area contributed by atoms with Gasteiger partial charge in [-0.15, -0.1) is 0 Å². The molecule has 56 heavy (non-hydrogen) atoms. The number of esters is 2. The monoisotopic (exact) mass is 780 g/mol. The number of epoxide rings is 1. The third-order valence-electron chi connectivity index (χ3n) is 15.4. The number of hydrogen-bond donors (Lipinski definition) is 5. The van der Waals surface area contributed by atoms with Crippen molar-refractivity contribution in [3.63, 3.8) is 0 Å². The Morgan fingerprint density at radius 1 is 0.964 bits per heavy atom. The van der Waals surface area contributed by atoms with Gasteiger partial charge in [0.1, 0.15) is 53.4 Å². The Bertz CT molecular complexity index is 1800. The second kappa shape index (κ2) is 12.9. The number of allylic oxidation sites excluding steroid dienone is 2. The summed E-state index contributed by atoms with van der Waals surface area (Å²) >= 11 is 0. The van der Waals surface area contributed by atoms with Gasteiger partial charge >= 0.3 is 17.9 Å². The van der Waals surface area contributed by atoms with Gasteiger partial charge in [-0.05, 0) is 62.9 Å². The summed E-state index contributed by atoms with van der Waals surface area (Å²) < 4.78 is 39.3. The van der Waals surface area contributed by atoms with Crippen LogP contribution in [0.1, 0.15) is 78.7 Å². The van der Waals surface area contributed by atoms with Crippen LogP contribution in [-0.4, -0.2) is 109 Å². The van der Waals surface area contributed by atoms with E-state index in [9.17, 15) is 35.1 Å². The first-order chi connectivity index (χ1) is 26.5. The normalized spacial score (nSPS) is 53.8. The molecule has 5 N–H and O–H groups in total. The molecule has 1 aromatic carbocycles. The molecule has 13 heteroatoms. The Morgan fingerprint density at radius 3 is 2.41 bits per heavy atom. The number of carbonyl (C=O) groups is 2. The molecular weight excluding hydrogens is 724 g/mol. The van der Waals surface area contributed by atoms with Crippen molar-refractivity contribution >= 4 is 11.9 Å². The van der Waals surface area contributed by atoms with E-state index in [-0.39, 0.29) is 55.3 Å². The first-order valence-corrected chi connectivity index (χ1v) is 20.5. The van der Waals surface area contributed by atoms with Gasteiger partial charge in [0.25, 0.3) is 0 Å². The highest BCUT2D eigenvalue weighted by atomic mass is 16.9. The summed E-state index contributed by atoms with van der Waals surface area (Å²) in [4.78, 5) is 26.6. The third kappa shape index (κ3) is 5.05. The van der Waals surface area contributed by atoms with Gasteiger partial charge in [-0.25, -0.2) is 4.79 Å². The first kappa shape index (κ1) is 38.8. The van der Waals surface area contributed by atoms with Gasteiger partial charge < -0.3 is 54.0 Å². The van der Waals surface area contributed by atoms with Crippen LogP contribution in [0.3, 0.4) is 0 Å². The van der Waals surface area contributed by atoms with Crippen LogP contribution in [0.5, 0.6) is 0 Å². The highest BCUT2D eigenvalue weighted by Gasteiger charge is 2.90. The molecule has 1 aromatic rings. The van der Waals surface area contributed by atoms with Crippen molar-refractivity contribution in [2.45, 2.75) is 144 Å². The number of rotatable bonds is 5. The zero-order valence-electron chi connectivity index (χ0n) is 32.7. The van der Waals surface area contributed by atoms with E-state index < -0.39 is 101 Å². The number of aliphatic hydroxyl groups is 5. The predicted molar refractivity (Wildman–Crippen MR) is 196 cm³/mol. The van der Waals surface area contributed by atoms with Crippen LogP contribution in [0.25, 0.3) is 0 Å². The molecule has 0 aromatic heterocycles. The van der Waals surface area contributed by atoms with Crippen LogP contribution in [0.2, 0.25) is 0 Å². The summed E-state index contributed by atoms with van der Waals surface area (Å²) in [5.41, 5.74) is -8.74. The minimum absolute atomic E-state index is 0.0587. The van der Waals surface area contributed by atoms with Gasteiger partial charge in [0.05, 0.1) is 17.8 Å². The molecule has 5 heterocycles. The molecule has 0 amide bonds. The Hall–Kier alpha value is -2.72. The quantitative estimate of drug-likeness (QED) is 0.217. The number of carbonyl (C=O) groups excluding carboxylic acids is 2. The highest BCUT2D eigenvalue weighted by molar-refractivity contribution is 5.82. The summed E-state index contributed by atoms with van der Waals surface area (Å²) in [6, 6.07) is 9.03. The first-order valence-electron chi connectivity index (χ1n) is 20.5. The van der Waals surface area contributed by atoms with E-state index in [0.29, 0.717) is 18.4 Å². The van der Waals surface area contributed by atoms with Gasteiger partial charge in [-0.3, -0.25) is 4.79 Å². The van der Waals surface area contributed by atoms with Gasteiger partial charge in [0.2, 0.25) is 0 Å². The second-order valence-electron chi connectivity index (χ2n) is 18.7. The molecule has 0 radical (unpaired) electrons. The number of benzene rings is 1. The fourth-order valence-electron chi connectivity index (χ4n) is 12.7. The van der Waals surface area contributed by atoms with Crippen molar-refractivity contribution in [1.29, 1.82) is 0 Å². The van der Waals surface area contributed by atoms with Crippen LogP contribution in [0, 0.1) is 41.4 Å². The SMILES string of the molecule is CC(C)CC(=O)O[C@H]1/C=C\C=C/C(=O)O[C@H]2CC[C@@H]3[C@]2(O)[C@H](O)[C@@]2(CO)O[C@H]2[C@H]2[C@H]4OC5(c6ccccc6)O[C@@H]([C@@H](C)[C@@]23O5)[C@@]4(O)[C@](C)(O)C[C@H]2CC[C@H]1[C@H]2C. The Labute approximate surface area is 326 Å². The maximum absolute atomic E-state index is 13.5. The molecule has 1 spiro atoms. The smallest absolute Gasteiger partial charge is 0.331 e. The van der Waals surface area contributed by atoms with Crippen molar-refractivity contribution in [1.82, 2.24) is 0 Å². The Balaban J connectivity index is 1.21. The van der Waals surface area contributed by atoms with Gasteiger partial charge in [0, 0.05) is 41.7 Å². The second-order valence-corrected chi connectivity index (χ2v) is 18.7. The predicted octanol–water partition coefficient (Wildman–Crippen LogP) is 2.79. The van der Waals surface area contributed by atoms with Gasteiger partial charge in [-0.2, -0.15) is 0 Å².